The highest BCUT2D eigenvalue weighted by Gasteiger charge is 2.45. The Morgan fingerprint density at radius 3 is 2.54 bits per heavy atom. The number of piperidine rings is 3. The van der Waals surface area contributed by atoms with E-state index in [-0.39, 0.29) is 5.78 Å². The second-order valence-electron chi connectivity index (χ2n) is 4.53. The van der Waals surface area contributed by atoms with Crippen molar-refractivity contribution in [2.75, 3.05) is 19.6 Å². The summed E-state index contributed by atoms with van der Waals surface area (Å²) in [6.45, 7) is 4.47. The molecule has 74 valence electrons. The molecule has 0 spiro atoms. The number of carbonyl (C=O) groups excluding carboxylic acids is 1. The van der Waals surface area contributed by atoms with Gasteiger partial charge in [-0.15, -0.1) is 0 Å². The first kappa shape index (κ1) is 9.16. The number of fused-ring (bicyclic) bond motifs is 3. The summed E-state index contributed by atoms with van der Waals surface area (Å²) in [5.74, 6) is 0.470. The molecule has 0 aromatic heterocycles. The molecule has 3 rings (SSSR count). The monoisotopic (exact) mass is 183 g/mol. The van der Waals surface area contributed by atoms with Gasteiger partial charge < -0.3 is 10.0 Å². The Hall–Kier alpha value is -0.410. The highest BCUT2D eigenvalue weighted by molar-refractivity contribution is 5.76. The summed E-state index contributed by atoms with van der Waals surface area (Å²) in [6, 6.07) is 0. The molecule has 3 aliphatic rings. The number of Topliss-reactive ketones (excluding diaryl/α,β-unsaturated/α-hetero) is 1. The van der Waals surface area contributed by atoms with E-state index in [1.54, 1.807) is 6.92 Å². The van der Waals surface area contributed by atoms with Crippen molar-refractivity contribution in [2.24, 2.45) is 5.92 Å². The van der Waals surface area contributed by atoms with Crippen molar-refractivity contribution in [3.8, 4) is 0 Å². The topological polar surface area (TPSA) is 40.5 Å². The molecule has 0 radical (unpaired) electrons. The van der Waals surface area contributed by atoms with Crippen LogP contribution in [-0.2, 0) is 4.79 Å². The molecular weight excluding hydrogens is 166 g/mol. The number of carbonyl (C=O) groups is 1. The van der Waals surface area contributed by atoms with Crippen molar-refractivity contribution < 1.29 is 9.90 Å². The molecule has 1 atom stereocenters. The van der Waals surface area contributed by atoms with Gasteiger partial charge in [0, 0.05) is 13.0 Å². The van der Waals surface area contributed by atoms with E-state index in [9.17, 15) is 9.90 Å². The molecule has 2 bridgehead atoms. The first-order valence-corrected chi connectivity index (χ1v) is 5.04. The summed E-state index contributed by atoms with van der Waals surface area (Å²) in [5.41, 5.74) is -0.706. The van der Waals surface area contributed by atoms with Gasteiger partial charge in [-0.3, -0.25) is 4.79 Å². The Bertz CT molecular complexity index is 221. The van der Waals surface area contributed by atoms with Crippen LogP contribution in [0.5, 0.6) is 0 Å². The number of rotatable bonds is 2. The molecular formula is C10H17NO2. The van der Waals surface area contributed by atoms with Crippen LogP contribution in [0, 0.1) is 5.92 Å². The van der Waals surface area contributed by atoms with Crippen LogP contribution >= 0.6 is 0 Å². The van der Waals surface area contributed by atoms with Crippen LogP contribution in [0.25, 0.3) is 0 Å². The van der Waals surface area contributed by atoms with Gasteiger partial charge in [0.05, 0.1) is 5.60 Å². The van der Waals surface area contributed by atoms with E-state index in [2.05, 4.69) is 4.90 Å². The molecule has 3 heteroatoms. The lowest BCUT2D eigenvalue weighted by molar-refractivity contribution is -0.139. The highest BCUT2D eigenvalue weighted by atomic mass is 16.3. The minimum absolute atomic E-state index is 0.108. The van der Waals surface area contributed by atoms with Crippen molar-refractivity contribution in [3.63, 3.8) is 0 Å². The van der Waals surface area contributed by atoms with Crippen molar-refractivity contribution in [3.05, 3.63) is 0 Å². The lowest BCUT2D eigenvalue weighted by Gasteiger charge is -2.50. The van der Waals surface area contributed by atoms with Crippen molar-refractivity contribution in [1.82, 2.24) is 4.90 Å². The van der Waals surface area contributed by atoms with Gasteiger partial charge in [0.1, 0.15) is 5.78 Å². The maximum absolute atomic E-state index is 11.0. The third-order valence-corrected chi connectivity index (χ3v) is 3.40. The Kier molecular flexibility index (Phi) is 2.16. The molecule has 0 aromatic rings. The van der Waals surface area contributed by atoms with Crippen LogP contribution in [0.4, 0.5) is 0 Å². The van der Waals surface area contributed by atoms with Gasteiger partial charge in [0.15, 0.2) is 0 Å². The third kappa shape index (κ3) is 1.63. The summed E-state index contributed by atoms with van der Waals surface area (Å²) < 4.78 is 0. The molecule has 1 N–H and O–H groups in total. The van der Waals surface area contributed by atoms with Crippen LogP contribution in [0.15, 0.2) is 0 Å². The Morgan fingerprint density at radius 2 is 2.15 bits per heavy atom. The zero-order chi connectivity index (χ0) is 9.47. The van der Waals surface area contributed by atoms with Crippen LogP contribution in [0.1, 0.15) is 26.2 Å². The Balaban J connectivity index is 2.09. The summed E-state index contributed by atoms with van der Waals surface area (Å²) in [6.07, 6.45) is 2.46. The Labute approximate surface area is 78.7 Å². The molecule has 3 fully saturated rings. The quantitative estimate of drug-likeness (QED) is 0.674. The lowest BCUT2D eigenvalue weighted by atomic mass is 9.73. The van der Waals surface area contributed by atoms with Gasteiger partial charge in [-0.25, -0.2) is 0 Å². The van der Waals surface area contributed by atoms with Crippen LogP contribution < -0.4 is 0 Å². The van der Waals surface area contributed by atoms with Crippen LogP contribution in [0.3, 0.4) is 0 Å². The first-order chi connectivity index (χ1) is 6.10. The summed E-state index contributed by atoms with van der Waals surface area (Å²) >= 11 is 0. The van der Waals surface area contributed by atoms with Gasteiger partial charge >= 0.3 is 0 Å². The zero-order valence-electron chi connectivity index (χ0n) is 8.12. The van der Waals surface area contributed by atoms with E-state index >= 15 is 0 Å². The van der Waals surface area contributed by atoms with Gasteiger partial charge in [-0.1, -0.05) is 0 Å². The lowest BCUT2D eigenvalue weighted by Crippen LogP contribution is -2.59. The molecule has 0 saturated carbocycles. The van der Waals surface area contributed by atoms with Crippen LogP contribution in [-0.4, -0.2) is 41.0 Å². The maximum atomic E-state index is 11.0. The molecule has 0 amide bonds. The van der Waals surface area contributed by atoms with E-state index in [0.29, 0.717) is 18.9 Å². The molecule has 1 unspecified atom stereocenters. The second-order valence-corrected chi connectivity index (χ2v) is 4.53. The van der Waals surface area contributed by atoms with Gasteiger partial charge in [0.25, 0.3) is 0 Å². The fraction of sp³-hybridized carbons (Fsp3) is 0.900. The fourth-order valence-electron chi connectivity index (χ4n) is 2.78. The van der Waals surface area contributed by atoms with Crippen molar-refractivity contribution in [2.45, 2.75) is 31.8 Å². The molecule has 3 heterocycles. The molecule has 0 aliphatic carbocycles. The van der Waals surface area contributed by atoms with Crippen molar-refractivity contribution >= 4 is 5.78 Å². The number of aliphatic hydroxyl groups is 1. The first-order valence-electron chi connectivity index (χ1n) is 5.04. The minimum Gasteiger partial charge on any atom is -0.388 e. The third-order valence-electron chi connectivity index (χ3n) is 3.40. The van der Waals surface area contributed by atoms with E-state index < -0.39 is 5.60 Å². The summed E-state index contributed by atoms with van der Waals surface area (Å²) in [7, 11) is 0. The average molecular weight is 183 g/mol. The average Bonchev–Trinajstić information content (AvgIpc) is 2.03. The number of hydrogen-bond acceptors (Lipinski definition) is 3. The maximum Gasteiger partial charge on any atom is 0.132 e. The Morgan fingerprint density at radius 1 is 1.54 bits per heavy atom. The predicted octanol–water partition coefficient (Wildman–Crippen LogP) is 0.422. The normalized spacial score (nSPS) is 43.5. The van der Waals surface area contributed by atoms with Gasteiger partial charge in [-0.05, 0) is 38.8 Å². The standard InChI is InChI=1S/C10H17NO2/c1-8(12)6-10(13)7-11-4-2-9(10)3-5-11/h9,13H,2-7H2,1H3. The fourth-order valence-corrected chi connectivity index (χ4v) is 2.78. The van der Waals surface area contributed by atoms with Crippen LogP contribution in [0.2, 0.25) is 0 Å². The zero-order valence-corrected chi connectivity index (χ0v) is 8.12. The summed E-state index contributed by atoms with van der Waals surface area (Å²) in [4.78, 5) is 13.3. The summed E-state index contributed by atoms with van der Waals surface area (Å²) in [5, 5.41) is 10.3. The van der Waals surface area contributed by atoms with E-state index in [1.165, 1.54) is 0 Å². The van der Waals surface area contributed by atoms with E-state index in [4.69, 9.17) is 0 Å². The molecule has 0 aromatic carbocycles. The SMILES string of the molecule is CC(=O)CC1(O)CN2CCC1CC2. The van der Waals surface area contributed by atoms with Gasteiger partial charge in [0.2, 0.25) is 0 Å². The van der Waals surface area contributed by atoms with E-state index in [1.807, 2.05) is 0 Å². The second kappa shape index (κ2) is 3.07. The number of ketones is 1. The molecule has 13 heavy (non-hydrogen) atoms. The number of nitrogens with zero attached hydrogens (tertiary/aromatic N) is 1. The molecule has 3 aliphatic heterocycles. The van der Waals surface area contributed by atoms with Crippen molar-refractivity contribution in [1.29, 1.82) is 0 Å². The minimum atomic E-state index is -0.706. The van der Waals surface area contributed by atoms with E-state index in [0.717, 1.165) is 25.9 Å². The number of hydrogen-bond donors (Lipinski definition) is 1. The largest absolute Gasteiger partial charge is 0.388 e. The molecule has 3 nitrogen and oxygen atoms in total. The predicted molar refractivity (Wildman–Crippen MR) is 49.4 cm³/mol. The molecule has 3 saturated heterocycles. The van der Waals surface area contributed by atoms with Gasteiger partial charge in [-0.2, -0.15) is 0 Å². The smallest absolute Gasteiger partial charge is 0.132 e. The highest BCUT2D eigenvalue weighted by Crippen LogP contribution is 2.37.